The second kappa shape index (κ2) is 6.93. The molecule has 0 saturated carbocycles. The van der Waals surface area contributed by atoms with Crippen molar-refractivity contribution in [2.45, 2.75) is 38.5 Å². The van der Waals surface area contributed by atoms with Crippen LogP contribution in [0.15, 0.2) is 24.3 Å². The van der Waals surface area contributed by atoms with Gasteiger partial charge >= 0.3 is 0 Å². The Kier molecular flexibility index (Phi) is 5.86. The van der Waals surface area contributed by atoms with Gasteiger partial charge in [-0.05, 0) is 42.9 Å². The monoisotopic (exact) mass is 239 g/mol. The summed E-state index contributed by atoms with van der Waals surface area (Å²) >= 11 is 0. The maximum absolute atomic E-state index is 3.42. The quantitative estimate of drug-likeness (QED) is 0.848. The summed E-state index contributed by atoms with van der Waals surface area (Å²) in [5.41, 5.74) is 3.01. The topological polar surface area (TPSA) is 12.0 Å². The number of rotatable bonds is 4. The zero-order valence-electron chi connectivity index (χ0n) is 10.0. The minimum absolute atomic E-state index is 0. The van der Waals surface area contributed by atoms with Crippen molar-refractivity contribution in [2.24, 2.45) is 0 Å². The standard InChI is InChI=1S/C14H21N.ClH/c1-2-3-4-12-5-7-13(8-6-12)14-9-10-15-11-14;/h5-8,14-15H,2-4,9-11H2,1H3;1H. The highest BCUT2D eigenvalue weighted by Gasteiger charge is 2.15. The molecule has 1 heterocycles. The third-order valence-electron chi connectivity index (χ3n) is 3.33. The Morgan fingerprint density at radius 3 is 2.56 bits per heavy atom. The lowest BCUT2D eigenvalue weighted by Gasteiger charge is -2.09. The van der Waals surface area contributed by atoms with Crippen LogP contribution in [0.4, 0.5) is 0 Å². The molecule has 1 nitrogen and oxygen atoms in total. The molecule has 1 N–H and O–H groups in total. The highest BCUT2D eigenvalue weighted by molar-refractivity contribution is 5.85. The SMILES string of the molecule is CCCCc1ccc(C2CCNC2)cc1.Cl. The first-order chi connectivity index (χ1) is 7.40. The first-order valence-electron chi connectivity index (χ1n) is 6.19. The van der Waals surface area contributed by atoms with E-state index >= 15 is 0 Å². The van der Waals surface area contributed by atoms with E-state index in [0.717, 1.165) is 12.5 Å². The first kappa shape index (κ1) is 13.5. The van der Waals surface area contributed by atoms with Crippen LogP contribution in [-0.2, 0) is 6.42 Å². The average Bonchev–Trinajstić information content (AvgIpc) is 2.80. The van der Waals surface area contributed by atoms with Crippen LogP contribution in [0, 0.1) is 0 Å². The molecule has 0 bridgehead atoms. The predicted octanol–water partition coefficient (Wildman–Crippen LogP) is 3.53. The van der Waals surface area contributed by atoms with Gasteiger partial charge in [-0.1, -0.05) is 37.6 Å². The van der Waals surface area contributed by atoms with E-state index in [2.05, 4.69) is 36.5 Å². The average molecular weight is 240 g/mol. The van der Waals surface area contributed by atoms with Gasteiger partial charge in [-0.25, -0.2) is 0 Å². The van der Waals surface area contributed by atoms with Crippen LogP contribution >= 0.6 is 12.4 Å². The zero-order valence-corrected chi connectivity index (χ0v) is 10.9. The van der Waals surface area contributed by atoms with Crippen molar-refractivity contribution in [1.82, 2.24) is 5.32 Å². The molecule has 1 aromatic rings. The van der Waals surface area contributed by atoms with E-state index in [-0.39, 0.29) is 12.4 Å². The van der Waals surface area contributed by atoms with Crippen LogP contribution in [0.25, 0.3) is 0 Å². The number of aryl methyl sites for hydroxylation is 1. The van der Waals surface area contributed by atoms with E-state index in [0.29, 0.717) is 0 Å². The van der Waals surface area contributed by atoms with Crippen molar-refractivity contribution in [1.29, 1.82) is 0 Å². The van der Waals surface area contributed by atoms with Crippen LogP contribution in [0.5, 0.6) is 0 Å². The minimum Gasteiger partial charge on any atom is -0.316 e. The Morgan fingerprint density at radius 1 is 1.25 bits per heavy atom. The molecule has 1 aliphatic rings. The molecule has 16 heavy (non-hydrogen) atoms. The van der Waals surface area contributed by atoms with Crippen molar-refractivity contribution in [3.63, 3.8) is 0 Å². The molecular weight excluding hydrogens is 218 g/mol. The van der Waals surface area contributed by atoms with Gasteiger partial charge in [0.05, 0.1) is 0 Å². The smallest absolute Gasteiger partial charge is 0.00206 e. The van der Waals surface area contributed by atoms with Gasteiger partial charge < -0.3 is 5.32 Å². The summed E-state index contributed by atoms with van der Waals surface area (Å²) in [5, 5.41) is 3.42. The normalized spacial score (nSPS) is 19.4. The molecular formula is C14H22ClN. The number of halogens is 1. The summed E-state index contributed by atoms with van der Waals surface area (Å²) in [4.78, 5) is 0. The van der Waals surface area contributed by atoms with E-state index in [1.54, 1.807) is 0 Å². The molecule has 1 saturated heterocycles. The molecule has 1 aliphatic heterocycles. The second-order valence-corrected chi connectivity index (χ2v) is 4.53. The third kappa shape index (κ3) is 3.50. The largest absolute Gasteiger partial charge is 0.316 e. The van der Waals surface area contributed by atoms with E-state index in [1.165, 1.54) is 43.4 Å². The fraction of sp³-hybridized carbons (Fsp3) is 0.571. The van der Waals surface area contributed by atoms with Crippen molar-refractivity contribution in [2.75, 3.05) is 13.1 Å². The summed E-state index contributed by atoms with van der Waals surface area (Å²) in [6.45, 7) is 4.59. The molecule has 2 heteroatoms. The van der Waals surface area contributed by atoms with Gasteiger partial charge in [0.1, 0.15) is 0 Å². The number of hydrogen-bond acceptors (Lipinski definition) is 1. The van der Waals surface area contributed by atoms with Gasteiger partial charge in [0, 0.05) is 6.54 Å². The molecule has 2 rings (SSSR count). The van der Waals surface area contributed by atoms with Gasteiger partial charge in [-0.2, -0.15) is 0 Å². The van der Waals surface area contributed by atoms with E-state index in [1.807, 2.05) is 0 Å². The molecule has 90 valence electrons. The highest BCUT2D eigenvalue weighted by atomic mass is 35.5. The van der Waals surface area contributed by atoms with Gasteiger partial charge in [0.25, 0.3) is 0 Å². The highest BCUT2D eigenvalue weighted by Crippen LogP contribution is 2.22. The van der Waals surface area contributed by atoms with Crippen molar-refractivity contribution in [3.05, 3.63) is 35.4 Å². The minimum atomic E-state index is 0. The molecule has 1 fully saturated rings. The maximum atomic E-state index is 3.42. The Hall–Kier alpha value is -0.530. The van der Waals surface area contributed by atoms with E-state index < -0.39 is 0 Å². The maximum Gasteiger partial charge on any atom is 0.00206 e. The predicted molar refractivity (Wildman–Crippen MR) is 72.5 cm³/mol. The molecule has 0 aliphatic carbocycles. The summed E-state index contributed by atoms with van der Waals surface area (Å²) in [7, 11) is 0. The molecule has 0 aromatic heterocycles. The van der Waals surface area contributed by atoms with Crippen LogP contribution in [-0.4, -0.2) is 13.1 Å². The lowest BCUT2D eigenvalue weighted by atomic mass is 9.96. The fourth-order valence-electron chi connectivity index (χ4n) is 2.28. The lowest BCUT2D eigenvalue weighted by molar-refractivity contribution is 0.759. The Labute approximate surface area is 105 Å². The summed E-state index contributed by atoms with van der Waals surface area (Å²) in [5.74, 6) is 0.755. The second-order valence-electron chi connectivity index (χ2n) is 4.53. The van der Waals surface area contributed by atoms with Gasteiger partial charge in [0.2, 0.25) is 0 Å². The molecule has 0 radical (unpaired) electrons. The molecule has 1 aromatic carbocycles. The summed E-state index contributed by atoms with van der Waals surface area (Å²) < 4.78 is 0. The number of unbranched alkanes of at least 4 members (excludes halogenated alkanes) is 1. The van der Waals surface area contributed by atoms with Gasteiger partial charge in [-0.3, -0.25) is 0 Å². The Balaban J connectivity index is 0.00000128. The zero-order chi connectivity index (χ0) is 10.5. The van der Waals surface area contributed by atoms with Crippen LogP contribution < -0.4 is 5.32 Å². The molecule has 0 amide bonds. The lowest BCUT2D eigenvalue weighted by Crippen LogP contribution is -2.07. The van der Waals surface area contributed by atoms with Crippen molar-refractivity contribution < 1.29 is 0 Å². The number of hydrogen-bond donors (Lipinski definition) is 1. The first-order valence-corrected chi connectivity index (χ1v) is 6.19. The fourth-order valence-corrected chi connectivity index (χ4v) is 2.28. The van der Waals surface area contributed by atoms with Gasteiger partial charge in [-0.15, -0.1) is 12.4 Å². The molecule has 0 spiro atoms. The third-order valence-corrected chi connectivity index (χ3v) is 3.33. The van der Waals surface area contributed by atoms with Crippen LogP contribution in [0.2, 0.25) is 0 Å². The summed E-state index contributed by atoms with van der Waals surface area (Å²) in [6.07, 6.45) is 5.13. The van der Waals surface area contributed by atoms with Gasteiger partial charge in [0.15, 0.2) is 0 Å². The summed E-state index contributed by atoms with van der Waals surface area (Å²) in [6, 6.07) is 9.26. The van der Waals surface area contributed by atoms with Crippen molar-refractivity contribution >= 4 is 12.4 Å². The Morgan fingerprint density at radius 2 is 2.00 bits per heavy atom. The van der Waals surface area contributed by atoms with E-state index in [4.69, 9.17) is 0 Å². The molecule has 1 unspecified atom stereocenters. The molecule has 1 atom stereocenters. The number of benzene rings is 1. The van der Waals surface area contributed by atoms with E-state index in [9.17, 15) is 0 Å². The van der Waals surface area contributed by atoms with Crippen LogP contribution in [0.1, 0.15) is 43.2 Å². The van der Waals surface area contributed by atoms with Crippen molar-refractivity contribution in [3.8, 4) is 0 Å². The van der Waals surface area contributed by atoms with Crippen LogP contribution in [0.3, 0.4) is 0 Å². The Bertz CT molecular complexity index is 288. The number of nitrogens with one attached hydrogen (secondary N) is 1.